The van der Waals surface area contributed by atoms with Crippen molar-refractivity contribution in [1.29, 1.82) is 0 Å². The lowest BCUT2D eigenvalue weighted by atomic mass is 9.95. The third-order valence-corrected chi connectivity index (χ3v) is 7.50. The number of rotatable bonds is 10. The average molecular weight is 551 g/mol. The fourth-order valence-electron chi connectivity index (χ4n) is 4.33. The number of methoxy groups -OCH3 is 2. The molecule has 0 bridgehead atoms. The van der Waals surface area contributed by atoms with Gasteiger partial charge in [0.15, 0.2) is 5.13 Å². The van der Waals surface area contributed by atoms with Gasteiger partial charge >= 0.3 is 11.9 Å². The largest absolute Gasteiger partial charge is 0.507 e. The number of aryl methyl sites for hydroxylation is 1. The molecule has 1 unspecified atom stereocenters. The molecular formula is C29H30N2O7S. The normalized spacial score (nSPS) is 16.4. The summed E-state index contributed by atoms with van der Waals surface area (Å²) in [5.74, 6) is -1.54. The summed E-state index contributed by atoms with van der Waals surface area (Å²) in [6.45, 7) is 4.32. The summed E-state index contributed by atoms with van der Waals surface area (Å²) in [5.41, 5.74) is 1.15. The zero-order chi connectivity index (χ0) is 28.1. The van der Waals surface area contributed by atoms with Crippen molar-refractivity contribution in [2.45, 2.75) is 39.2 Å². The van der Waals surface area contributed by atoms with Gasteiger partial charge in [0.25, 0.3) is 5.78 Å². The number of nitrogens with zero attached hydrogens (tertiary/aromatic N) is 2. The number of carbonyl (C=O) groups is 3. The van der Waals surface area contributed by atoms with Crippen molar-refractivity contribution >= 4 is 39.9 Å². The standard InChI is InChI=1S/C29H30N2O7S/c1-5-6-7-15-38-20-13-11-18(12-14-20)23-22(24(32)19-9-8-10-21(16-19)36-3)25(33)27(34)31(23)29-30-17(2)26(39-29)28(35)37-4/h8-14,16,23,32H,5-7,15H2,1-4H3. The molecule has 2 aromatic carbocycles. The third-order valence-electron chi connectivity index (χ3n) is 6.36. The molecule has 1 aliphatic rings. The van der Waals surface area contributed by atoms with E-state index < -0.39 is 23.7 Å². The van der Waals surface area contributed by atoms with Gasteiger partial charge in [0.2, 0.25) is 0 Å². The Hall–Kier alpha value is -4.18. The van der Waals surface area contributed by atoms with Gasteiger partial charge in [0.1, 0.15) is 22.1 Å². The number of amides is 1. The molecule has 0 radical (unpaired) electrons. The van der Waals surface area contributed by atoms with Crippen molar-refractivity contribution in [3.05, 3.63) is 75.8 Å². The van der Waals surface area contributed by atoms with Crippen LogP contribution in [0.2, 0.25) is 0 Å². The molecule has 1 aromatic heterocycles. The molecule has 1 N–H and O–H groups in total. The molecule has 10 heteroatoms. The van der Waals surface area contributed by atoms with E-state index in [2.05, 4.69) is 11.9 Å². The van der Waals surface area contributed by atoms with Crippen LogP contribution in [-0.2, 0) is 14.3 Å². The molecule has 0 saturated carbocycles. The summed E-state index contributed by atoms with van der Waals surface area (Å²) in [4.78, 5) is 44.9. The number of anilines is 1. The number of hydrogen-bond acceptors (Lipinski definition) is 9. The minimum absolute atomic E-state index is 0.0997. The Labute approximate surface area is 230 Å². The highest BCUT2D eigenvalue weighted by Gasteiger charge is 2.48. The van der Waals surface area contributed by atoms with E-state index in [4.69, 9.17) is 14.2 Å². The second-order valence-corrected chi connectivity index (χ2v) is 9.91. The quantitative estimate of drug-likeness (QED) is 0.117. The number of esters is 1. The molecular weight excluding hydrogens is 520 g/mol. The number of aliphatic hydroxyl groups is 1. The molecule has 1 atom stereocenters. The van der Waals surface area contributed by atoms with E-state index in [1.165, 1.54) is 19.1 Å². The van der Waals surface area contributed by atoms with Crippen molar-refractivity contribution in [2.24, 2.45) is 0 Å². The molecule has 1 saturated heterocycles. The van der Waals surface area contributed by atoms with Gasteiger partial charge in [-0.05, 0) is 43.2 Å². The molecule has 2 heterocycles. The molecule has 3 aromatic rings. The number of aromatic nitrogens is 1. The van der Waals surface area contributed by atoms with E-state index in [1.807, 2.05) is 0 Å². The van der Waals surface area contributed by atoms with Crippen LogP contribution in [0, 0.1) is 6.92 Å². The Morgan fingerprint density at radius 1 is 1.08 bits per heavy atom. The van der Waals surface area contributed by atoms with Gasteiger partial charge < -0.3 is 19.3 Å². The lowest BCUT2D eigenvalue weighted by Gasteiger charge is -2.23. The lowest BCUT2D eigenvalue weighted by molar-refractivity contribution is -0.132. The maximum absolute atomic E-state index is 13.4. The molecule has 0 spiro atoms. The monoisotopic (exact) mass is 550 g/mol. The second-order valence-electron chi connectivity index (χ2n) is 8.93. The van der Waals surface area contributed by atoms with Crippen molar-refractivity contribution in [1.82, 2.24) is 4.98 Å². The molecule has 1 fully saturated rings. The number of carbonyl (C=O) groups excluding carboxylic acids is 3. The maximum Gasteiger partial charge on any atom is 0.350 e. The van der Waals surface area contributed by atoms with Gasteiger partial charge in [0.05, 0.1) is 38.1 Å². The summed E-state index contributed by atoms with van der Waals surface area (Å²) in [6, 6.07) is 12.6. The van der Waals surface area contributed by atoms with Crippen LogP contribution in [-0.4, -0.2) is 48.6 Å². The summed E-state index contributed by atoms with van der Waals surface area (Å²) in [6.07, 6.45) is 3.09. The first-order valence-electron chi connectivity index (χ1n) is 12.5. The van der Waals surface area contributed by atoms with Crippen LogP contribution in [0.25, 0.3) is 5.76 Å². The zero-order valence-corrected chi connectivity index (χ0v) is 23.0. The molecule has 1 aliphatic heterocycles. The van der Waals surface area contributed by atoms with Crippen LogP contribution in [0.3, 0.4) is 0 Å². The predicted molar refractivity (Wildman–Crippen MR) is 147 cm³/mol. The van der Waals surface area contributed by atoms with Crippen molar-refractivity contribution in [2.75, 3.05) is 25.7 Å². The van der Waals surface area contributed by atoms with Gasteiger partial charge in [-0.2, -0.15) is 0 Å². The number of aliphatic hydroxyl groups excluding tert-OH is 1. The van der Waals surface area contributed by atoms with Crippen LogP contribution >= 0.6 is 11.3 Å². The number of thiazole rings is 1. The van der Waals surface area contributed by atoms with E-state index in [0.29, 0.717) is 34.9 Å². The Morgan fingerprint density at radius 2 is 1.82 bits per heavy atom. The van der Waals surface area contributed by atoms with E-state index in [1.54, 1.807) is 55.5 Å². The smallest absolute Gasteiger partial charge is 0.350 e. The van der Waals surface area contributed by atoms with Crippen LogP contribution in [0.5, 0.6) is 11.5 Å². The summed E-state index contributed by atoms with van der Waals surface area (Å²) in [7, 11) is 2.75. The average Bonchev–Trinajstić information content (AvgIpc) is 3.46. The SMILES string of the molecule is CCCCCOc1ccc(C2C(=C(O)c3cccc(OC)c3)C(=O)C(=O)N2c2nc(C)c(C(=O)OC)s2)cc1. The highest BCUT2D eigenvalue weighted by Crippen LogP contribution is 2.44. The maximum atomic E-state index is 13.4. The zero-order valence-electron chi connectivity index (χ0n) is 22.2. The van der Waals surface area contributed by atoms with Gasteiger partial charge in [0, 0.05) is 5.56 Å². The van der Waals surface area contributed by atoms with E-state index in [0.717, 1.165) is 30.6 Å². The molecule has 1 amide bonds. The molecule has 0 aliphatic carbocycles. The van der Waals surface area contributed by atoms with Crippen LogP contribution in [0.4, 0.5) is 5.13 Å². The van der Waals surface area contributed by atoms with Gasteiger partial charge in [-0.15, -0.1) is 0 Å². The van der Waals surface area contributed by atoms with Crippen LogP contribution in [0.1, 0.15) is 58.7 Å². The van der Waals surface area contributed by atoms with Gasteiger partial charge in [-0.3, -0.25) is 14.5 Å². The number of benzene rings is 2. The van der Waals surface area contributed by atoms with Crippen molar-refractivity contribution < 1.29 is 33.7 Å². The Morgan fingerprint density at radius 3 is 2.49 bits per heavy atom. The third kappa shape index (κ3) is 5.65. The first-order chi connectivity index (χ1) is 18.8. The Kier molecular flexibility index (Phi) is 8.65. The van der Waals surface area contributed by atoms with E-state index >= 15 is 0 Å². The number of hydrogen-bond donors (Lipinski definition) is 1. The Balaban J connectivity index is 1.82. The molecule has 204 valence electrons. The minimum atomic E-state index is -0.999. The molecule has 39 heavy (non-hydrogen) atoms. The fourth-order valence-corrected chi connectivity index (χ4v) is 5.34. The van der Waals surface area contributed by atoms with Crippen molar-refractivity contribution in [3.63, 3.8) is 0 Å². The Bertz CT molecular complexity index is 1410. The second kappa shape index (κ2) is 12.1. The highest BCUT2D eigenvalue weighted by molar-refractivity contribution is 7.17. The van der Waals surface area contributed by atoms with Gasteiger partial charge in [-0.25, -0.2) is 9.78 Å². The minimum Gasteiger partial charge on any atom is -0.507 e. The first-order valence-corrected chi connectivity index (χ1v) is 13.4. The van der Waals surface area contributed by atoms with Gasteiger partial charge in [-0.1, -0.05) is 55.4 Å². The predicted octanol–water partition coefficient (Wildman–Crippen LogP) is 5.44. The van der Waals surface area contributed by atoms with Crippen LogP contribution in [0.15, 0.2) is 54.1 Å². The summed E-state index contributed by atoms with van der Waals surface area (Å²) < 4.78 is 15.9. The topological polar surface area (TPSA) is 115 Å². The first kappa shape index (κ1) is 27.8. The number of unbranched alkanes of at least 4 members (excludes halogenated alkanes) is 2. The summed E-state index contributed by atoms with van der Waals surface area (Å²) in [5, 5.41) is 11.5. The molecule has 4 rings (SSSR count). The molecule has 9 nitrogen and oxygen atoms in total. The number of Topliss-reactive ketones (excluding diaryl/α,β-unsaturated/α-hetero) is 1. The van der Waals surface area contributed by atoms with Crippen molar-refractivity contribution in [3.8, 4) is 11.5 Å². The summed E-state index contributed by atoms with van der Waals surface area (Å²) >= 11 is 0.946. The van der Waals surface area contributed by atoms with E-state index in [9.17, 15) is 19.5 Å². The number of ether oxygens (including phenoxy) is 3. The lowest BCUT2D eigenvalue weighted by Crippen LogP contribution is -2.29. The van der Waals surface area contributed by atoms with Crippen LogP contribution < -0.4 is 14.4 Å². The number of ketones is 1. The fraction of sp³-hybridized carbons (Fsp3) is 0.310. The van der Waals surface area contributed by atoms with E-state index in [-0.39, 0.29) is 21.3 Å². The highest BCUT2D eigenvalue weighted by atomic mass is 32.1.